The van der Waals surface area contributed by atoms with Gasteiger partial charge in [0.15, 0.2) is 0 Å². The monoisotopic (exact) mass is 647 g/mol. The number of benzene rings is 4. The lowest BCUT2D eigenvalue weighted by Gasteiger charge is -2.29. The van der Waals surface area contributed by atoms with Crippen molar-refractivity contribution in [1.29, 1.82) is 0 Å². The SMILES string of the molecule is Cc1ccc(S(=O)(=O)N(Cc2ccc(Cl)cc2)c2ccccc2C(=O)NN=Cc2cc([N+](=O)[O-])ccc2N2CCOCC2)cc1. The normalized spacial score (nSPS) is 13.5. The summed E-state index contributed by atoms with van der Waals surface area (Å²) in [5, 5.41) is 16.1. The first-order valence-corrected chi connectivity index (χ1v) is 15.8. The van der Waals surface area contributed by atoms with Crippen molar-refractivity contribution in [2.45, 2.75) is 18.4 Å². The van der Waals surface area contributed by atoms with Gasteiger partial charge < -0.3 is 9.64 Å². The zero-order valence-corrected chi connectivity index (χ0v) is 25.9. The van der Waals surface area contributed by atoms with Crippen LogP contribution in [0.4, 0.5) is 17.1 Å². The number of hydrazone groups is 1. The first-order valence-electron chi connectivity index (χ1n) is 14.0. The zero-order valence-electron chi connectivity index (χ0n) is 24.3. The number of hydrogen-bond donors (Lipinski definition) is 1. The molecule has 1 N–H and O–H groups in total. The summed E-state index contributed by atoms with van der Waals surface area (Å²) in [4.78, 5) is 26.6. The van der Waals surface area contributed by atoms with Gasteiger partial charge >= 0.3 is 0 Å². The maximum absolute atomic E-state index is 14.0. The second-order valence-electron chi connectivity index (χ2n) is 10.3. The predicted octanol–water partition coefficient (Wildman–Crippen LogP) is 5.55. The first-order chi connectivity index (χ1) is 21.6. The van der Waals surface area contributed by atoms with E-state index >= 15 is 0 Å². The van der Waals surface area contributed by atoms with Crippen LogP contribution >= 0.6 is 11.6 Å². The molecule has 1 aliphatic heterocycles. The van der Waals surface area contributed by atoms with Gasteiger partial charge in [-0.15, -0.1) is 0 Å². The van der Waals surface area contributed by atoms with Crippen molar-refractivity contribution in [3.05, 3.63) is 128 Å². The standard InChI is InChI=1S/C32H30ClN5O6S/c1-23-6-13-28(14-7-23)45(42,43)37(22-24-8-10-26(33)11-9-24)31-5-3-2-4-29(31)32(39)35-34-21-25-20-27(38(40)41)12-15-30(25)36-16-18-44-19-17-36/h2-15,20-21H,16-19,22H2,1H3,(H,35,39). The van der Waals surface area contributed by atoms with Crippen molar-refractivity contribution < 1.29 is 22.9 Å². The Hall–Kier alpha value is -4.78. The highest BCUT2D eigenvalue weighted by molar-refractivity contribution is 7.92. The Labute approximate surface area is 265 Å². The van der Waals surface area contributed by atoms with Crippen LogP contribution in [0, 0.1) is 17.0 Å². The summed E-state index contributed by atoms with van der Waals surface area (Å²) in [6, 6.07) is 24.0. The van der Waals surface area contributed by atoms with E-state index in [0.717, 1.165) is 5.56 Å². The molecule has 0 spiro atoms. The fourth-order valence-corrected chi connectivity index (χ4v) is 6.45. The molecule has 1 fully saturated rings. The lowest BCUT2D eigenvalue weighted by Crippen LogP contribution is -2.36. The van der Waals surface area contributed by atoms with Crippen molar-refractivity contribution >= 4 is 50.8 Å². The van der Waals surface area contributed by atoms with Gasteiger partial charge in [0.2, 0.25) is 0 Å². The molecular formula is C32H30ClN5O6S. The van der Waals surface area contributed by atoms with Crippen LogP contribution in [0.3, 0.4) is 0 Å². The minimum Gasteiger partial charge on any atom is -0.378 e. The highest BCUT2D eigenvalue weighted by Crippen LogP contribution is 2.30. The van der Waals surface area contributed by atoms with Crippen molar-refractivity contribution in [2.75, 3.05) is 35.5 Å². The van der Waals surface area contributed by atoms with Gasteiger partial charge in [0.1, 0.15) is 0 Å². The molecule has 0 aromatic heterocycles. The molecule has 4 aromatic rings. The molecular weight excluding hydrogens is 618 g/mol. The Balaban J connectivity index is 1.48. The molecule has 0 unspecified atom stereocenters. The van der Waals surface area contributed by atoms with Crippen LogP contribution in [-0.4, -0.2) is 51.8 Å². The molecule has 0 atom stereocenters. The van der Waals surface area contributed by atoms with Gasteiger partial charge in [-0.25, -0.2) is 13.8 Å². The number of nitro benzene ring substituents is 1. The summed E-state index contributed by atoms with van der Waals surface area (Å²) in [6.45, 7) is 4.00. The van der Waals surface area contributed by atoms with Gasteiger partial charge in [-0.1, -0.05) is 53.6 Å². The Morgan fingerprint density at radius 1 is 1.04 bits per heavy atom. The number of para-hydroxylation sites is 1. The van der Waals surface area contributed by atoms with E-state index in [-0.39, 0.29) is 28.4 Å². The number of carbonyl (C=O) groups excluding carboxylic acids is 1. The number of non-ortho nitro benzene ring substituents is 1. The lowest BCUT2D eigenvalue weighted by atomic mass is 10.1. The van der Waals surface area contributed by atoms with Gasteiger partial charge in [-0.3, -0.25) is 19.2 Å². The van der Waals surface area contributed by atoms with Crippen LogP contribution < -0.4 is 14.6 Å². The number of halogens is 1. The van der Waals surface area contributed by atoms with E-state index in [4.69, 9.17) is 16.3 Å². The van der Waals surface area contributed by atoms with Crippen LogP contribution in [0.2, 0.25) is 5.02 Å². The summed E-state index contributed by atoms with van der Waals surface area (Å²) in [6.07, 6.45) is 1.34. The lowest BCUT2D eigenvalue weighted by molar-refractivity contribution is -0.384. The second-order valence-corrected chi connectivity index (χ2v) is 12.6. The number of rotatable bonds is 10. The van der Waals surface area contributed by atoms with E-state index in [2.05, 4.69) is 10.5 Å². The third kappa shape index (κ3) is 7.48. The van der Waals surface area contributed by atoms with E-state index in [9.17, 15) is 23.3 Å². The number of nitro groups is 1. The van der Waals surface area contributed by atoms with Gasteiger partial charge in [0.25, 0.3) is 21.6 Å². The molecule has 1 amide bonds. The van der Waals surface area contributed by atoms with Crippen molar-refractivity contribution in [3.63, 3.8) is 0 Å². The Bertz CT molecular complexity index is 1830. The van der Waals surface area contributed by atoms with Gasteiger partial charge in [0.05, 0.1) is 47.0 Å². The number of aryl methyl sites for hydroxylation is 1. The predicted molar refractivity (Wildman–Crippen MR) is 174 cm³/mol. The van der Waals surface area contributed by atoms with Crippen LogP contribution in [0.1, 0.15) is 27.0 Å². The molecule has 0 bridgehead atoms. The molecule has 0 saturated carbocycles. The molecule has 4 aromatic carbocycles. The van der Waals surface area contributed by atoms with E-state index in [1.807, 2.05) is 11.8 Å². The summed E-state index contributed by atoms with van der Waals surface area (Å²) in [5.74, 6) is -0.666. The number of sulfonamides is 1. The second kappa shape index (κ2) is 13.9. The Kier molecular flexibility index (Phi) is 9.77. The van der Waals surface area contributed by atoms with Gasteiger partial charge in [-0.2, -0.15) is 5.10 Å². The first kappa shape index (κ1) is 31.6. The summed E-state index contributed by atoms with van der Waals surface area (Å²) < 4.78 is 34.7. The minimum absolute atomic E-state index is 0.0618. The third-order valence-electron chi connectivity index (χ3n) is 7.21. The number of hydrogen-bond acceptors (Lipinski definition) is 8. The molecule has 45 heavy (non-hydrogen) atoms. The van der Waals surface area contributed by atoms with Gasteiger partial charge in [-0.05, 0) is 55.0 Å². The quantitative estimate of drug-likeness (QED) is 0.135. The van der Waals surface area contributed by atoms with Crippen molar-refractivity contribution in [3.8, 4) is 0 Å². The zero-order chi connectivity index (χ0) is 32.0. The average molecular weight is 648 g/mol. The summed E-state index contributed by atoms with van der Waals surface area (Å²) in [7, 11) is -4.13. The highest BCUT2D eigenvalue weighted by atomic mass is 35.5. The molecule has 1 heterocycles. The molecule has 5 rings (SSSR count). The molecule has 0 radical (unpaired) electrons. The topological polar surface area (TPSA) is 134 Å². The van der Waals surface area contributed by atoms with Crippen LogP contribution in [-0.2, 0) is 21.3 Å². The number of ether oxygens (including phenoxy) is 1. The maximum atomic E-state index is 14.0. The molecule has 1 saturated heterocycles. The maximum Gasteiger partial charge on any atom is 0.273 e. The Morgan fingerprint density at radius 3 is 2.42 bits per heavy atom. The number of amides is 1. The molecule has 13 heteroatoms. The number of carbonyl (C=O) groups is 1. The number of morpholine rings is 1. The van der Waals surface area contributed by atoms with E-state index in [1.54, 1.807) is 60.7 Å². The highest BCUT2D eigenvalue weighted by Gasteiger charge is 2.29. The smallest absolute Gasteiger partial charge is 0.273 e. The average Bonchev–Trinajstić information content (AvgIpc) is 3.05. The van der Waals surface area contributed by atoms with Crippen LogP contribution in [0.15, 0.2) is 101 Å². The van der Waals surface area contributed by atoms with Crippen molar-refractivity contribution in [2.24, 2.45) is 5.10 Å². The third-order valence-corrected chi connectivity index (χ3v) is 9.24. The Morgan fingerprint density at radius 2 is 1.73 bits per heavy atom. The fourth-order valence-electron chi connectivity index (χ4n) is 4.85. The van der Waals surface area contributed by atoms with E-state index in [1.165, 1.54) is 40.9 Å². The minimum atomic E-state index is -4.13. The summed E-state index contributed by atoms with van der Waals surface area (Å²) in [5.41, 5.74) is 5.26. The molecule has 1 aliphatic rings. The fraction of sp³-hybridized carbons (Fsp3) is 0.188. The van der Waals surface area contributed by atoms with E-state index < -0.39 is 20.9 Å². The number of anilines is 2. The van der Waals surface area contributed by atoms with Gasteiger partial charge in [0, 0.05) is 41.5 Å². The van der Waals surface area contributed by atoms with Crippen LogP contribution in [0.25, 0.3) is 0 Å². The van der Waals surface area contributed by atoms with E-state index in [0.29, 0.717) is 48.1 Å². The molecule has 11 nitrogen and oxygen atoms in total. The summed E-state index contributed by atoms with van der Waals surface area (Å²) >= 11 is 6.06. The number of nitrogens with zero attached hydrogens (tertiary/aromatic N) is 4. The molecule has 232 valence electrons. The van der Waals surface area contributed by atoms with Crippen LogP contribution in [0.5, 0.6) is 0 Å². The number of nitrogens with one attached hydrogen (secondary N) is 1. The molecule has 0 aliphatic carbocycles. The largest absolute Gasteiger partial charge is 0.378 e. The van der Waals surface area contributed by atoms with Crippen molar-refractivity contribution in [1.82, 2.24) is 5.43 Å².